The van der Waals surface area contributed by atoms with Crippen molar-refractivity contribution in [3.63, 3.8) is 0 Å². The van der Waals surface area contributed by atoms with Crippen molar-refractivity contribution in [2.75, 3.05) is 13.1 Å². The third-order valence-electron chi connectivity index (χ3n) is 3.41. The Morgan fingerprint density at radius 3 is 2.80 bits per heavy atom. The predicted molar refractivity (Wildman–Crippen MR) is 77.1 cm³/mol. The minimum Gasteiger partial charge on any atom is -0.316 e. The molecule has 1 aromatic heterocycles. The van der Waals surface area contributed by atoms with E-state index in [-0.39, 0.29) is 11.7 Å². The van der Waals surface area contributed by atoms with Gasteiger partial charge in [0.15, 0.2) is 0 Å². The molecule has 0 amide bonds. The van der Waals surface area contributed by atoms with E-state index < -0.39 is 0 Å². The van der Waals surface area contributed by atoms with Crippen LogP contribution in [0, 0.1) is 5.82 Å². The lowest BCUT2D eigenvalue weighted by Crippen LogP contribution is -2.24. The van der Waals surface area contributed by atoms with Gasteiger partial charge in [0.25, 0.3) is 0 Å². The van der Waals surface area contributed by atoms with Crippen LogP contribution in [-0.4, -0.2) is 27.9 Å². The first-order valence-corrected chi connectivity index (χ1v) is 7.08. The summed E-state index contributed by atoms with van der Waals surface area (Å²) >= 11 is 0. The van der Waals surface area contributed by atoms with Gasteiger partial charge >= 0.3 is 0 Å². The fourth-order valence-corrected chi connectivity index (χ4v) is 2.35. The Labute approximate surface area is 119 Å². The van der Waals surface area contributed by atoms with Gasteiger partial charge in [0.1, 0.15) is 18.0 Å². The summed E-state index contributed by atoms with van der Waals surface area (Å²) in [5, 5.41) is 7.48. The topological polar surface area (TPSA) is 42.7 Å². The molecule has 1 aromatic carbocycles. The van der Waals surface area contributed by atoms with Crippen molar-refractivity contribution >= 4 is 0 Å². The highest BCUT2D eigenvalue weighted by Gasteiger charge is 2.18. The van der Waals surface area contributed by atoms with Gasteiger partial charge in [-0.2, -0.15) is 5.10 Å². The third kappa shape index (κ3) is 3.42. The van der Waals surface area contributed by atoms with Crippen molar-refractivity contribution in [2.45, 2.75) is 32.7 Å². The molecule has 0 fully saturated rings. The van der Waals surface area contributed by atoms with Crippen LogP contribution in [0.5, 0.6) is 0 Å². The van der Waals surface area contributed by atoms with Crippen LogP contribution in [0.4, 0.5) is 4.39 Å². The quantitative estimate of drug-likeness (QED) is 0.844. The Hall–Kier alpha value is -1.75. The van der Waals surface area contributed by atoms with Gasteiger partial charge < -0.3 is 5.32 Å². The molecule has 1 unspecified atom stereocenters. The van der Waals surface area contributed by atoms with Crippen LogP contribution in [0.15, 0.2) is 30.6 Å². The van der Waals surface area contributed by atoms with Crippen molar-refractivity contribution in [1.82, 2.24) is 20.1 Å². The fraction of sp³-hybridized carbons (Fsp3) is 0.467. The standard InChI is InChI=1S/C15H21FN4/c1-3-17-10-12(13-7-5-6-8-14(13)16)9-15-18-11-19-20(15)4-2/h5-8,11-12,17H,3-4,9-10H2,1-2H3. The maximum Gasteiger partial charge on any atom is 0.138 e. The average Bonchev–Trinajstić information content (AvgIpc) is 2.91. The number of halogens is 1. The van der Waals surface area contributed by atoms with Gasteiger partial charge in [0.2, 0.25) is 0 Å². The molecule has 0 aliphatic heterocycles. The Balaban J connectivity index is 2.22. The number of hydrogen-bond donors (Lipinski definition) is 1. The molecule has 0 radical (unpaired) electrons. The van der Waals surface area contributed by atoms with Gasteiger partial charge in [-0.1, -0.05) is 25.1 Å². The van der Waals surface area contributed by atoms with Crippen molar-refractivity contribution < 1.29 is 4.39 Å². The predicted octanol–water partition coefficient (Wildman–Crippen LogP) is 2.37. The summed E-state index contributed by atoms with van der Waals surface area (Å²) in [6, 6.07) is 6.96. The number of hydrogen-bond acceptors (Lipinski definition) is 3. The van der Waals surface area contributed by atoms with E-state index in [4.69, 9.17) is 0 Å². The van der Waals surface area contributed by atoms with Gasteiger partial charge in [-0.25, -0.2) is 9.37 Å². The molecule has 4 nitrogen and oxygen atoms in total. The molecule has 0 saturated carbocycles. The summed E-state index contributed by atoms with van der Waals surface area (Å²) in [6.07, 6.45) is 2.24. The number of nitrogens with one attached hydrogen (secondary N) is 1. The van der Waals surface area contributed by atoms with E-state index >= 15 is 0 Å². The summed E-state index contributed by atoms with van der Waals surface area (Å²) < 4.78 is 15.9. The van der Waals surface area contributed by atoms with E-state index in [1.165, 1.54) is 6.07 Å². The largest absolute Gasteiger partial charge is 0.316 e. The van der Waals surface area contributed by atoms with Gasteiger partial charge in [-0.05, 0) is 25.1 Å². The summed E-state index contributed by atoms with van der Waals surface area (Å²) in [5.41, 5.74) is 0.735. The van der Waals surface area contributed by atoms with Crippen LogP contribution < -0.4 is 5.32 Å². The lowest BCUT2D eigenvalue weighted by Gasteiger charge is -2.18. The Morgan fingerprint density at radius 2 is 2.10 bits per heavy atom. The second-order valence-electron chi connectivity index (χ2n) is 4.72. The smallest absolute Gasteiger partial charge is 0.138 e. The van der Waals surface area contributed by atoms with Gasteiger partial charge in [0, 0.05) is 25.4 Å². The van der Waals surface area contributed by atoms with Gasteiger partial charge in [-0.3, -0.25) is 4.68 Å². The van der Waals surface area contributed by atoms with Crippen molar-refractivity contribution in [1.29, 1.82) is 0 Å². The Bertz CT molecular complexity index is 538. The molecule has 5 heteroatoms. The lowest BCUT2D eigenvalue weighted by molar-refractivity contribution is 0.518. The fourth-order valence-electron chi connectivity index (χ4n) is 2.35. The van der Waals surface area contributed by atoms with Crippen LogP contribution in [0.2, 0.25) is 0 Å². The van der Waals surface area contributed by atoms with E-state index in [0.29, 0.717) is 6.42 Å². The highest BCUT2D eigenvalue weighted by atomic mass is 19.1. The summed E-state index contributed by atoms with van der Waals surface area (Å²) in [6.45, 7) is 6.45. The van der Waals surface area contributed by atoms with Crippen LogP contribution in [-0.2, 0) is 13.0 Å². The number of nitrogens with zero attached hydrogens (tertiary/aromatic N) is 3. The normalized spacial score (nSPS) is 12.6. The van der Waals surface area contributed by atoms with Gasteiger partial charge in [-0.15, -0.1) is 0 Å². The molecule has 0 aliphatic rings. The molecule has 0 spiro atoms. The number of benzene rings is 1. The maximum absolute atomic E-state index is 14.0. The maximum atomic E-state index is 14.0. The molecular weight excluding hydrogens is 255 g/mol. The highest BCUT2D eigenvalue weighted by Crippen LogP contribution is 2.22. The van der Waals surface area contributed by atoms with E-state index in [9.17, 15) is 4.39 Å². The molecule has 20 heavy (non-hydrogen) atoms. The second-order valence-corrected chi connectivity index (χ2v) is 4.72. The zero-order valence-electron chi connectivity index (χ0n) is 12.0. The van der Waals surface area contributed by atoms with E-state index in [0.717, 1.165) is 31.0 Å². The Morgan fingerprint density at radius 1 is 1.30 bits per heavy atom. The molecule has 0 aliphatic carbocycles. The van der Waals surface area contributed by atoms with E-state index in [1.807, 2.05) is 30.7 Å². The number of rotatable bonds is 7. The van der Waals surface area contributed by atoms with Crippen LogP contribution in [0.1, 0.15) is 31.2 Å². The molecule has 2 aromatic rings. The van der Waals surface area contributed by atoms with E-state index in [1.54, 1.807) is 12.4 Å². The molecule has 1 heterocycles. The summed E-state index contributed by atoms with van der Waals surface area (Å²) in [4.78, 5) is 4.29. The van der Waals surface area contributed by atoms with Crippen molar-refractivity contribution in [2.24, 2.45) is 0 Å². The van der Waals surface area contributed by atoms with Crippen LogP contribution in [0.25, 0.3) is 0 Å². The molecule has 1 N–H and O–H groups in total. The zero-order valence-corrected chi connectivity index (χ0v) is 12.0. The molecule has 0 saturated heterocycles. The average molecular weight is 276 g/mol. The Kier molecular flexibility index (Phi) is 5.24. The first kappa shape index (κ1) is 14.7. The summed E-state index contributed by atoms with van der Waals surface area (Å²) in [7, 11) is 0. The second kappa shape index (κ2) is 7.14. The summed E-state index contributed by atoms with van der Waals surface area (Å²) in [5.74, 6) is 0.808. The number of aryl methyl sites for hydroxylation is 1. The van der Waals surface area contributed by atoms with Crippen LogP contribution >= 0.6 is 0 Å². The lowest BCUT2D eigenvalue weighted by atomic mass is 9.94. The van der Waals surface area contributed by atoms with E-state index in [2.05, 4.69) is 15.4 Å². The van der Waals surface area contributed by atoms with Crippen molar-refractivity contribution in [3.05, 3.63) is 47.8 Å². The molecule has 0 bridgehead atoms. The molecule has 1 atom stereocenters. The van der Waals surface area contributed by atoms with Crippen molar-refractivity contribution in [3.8, 4) is 0 Å². The molecule has 2 rings (SSSR count). The third-order valence-corrected chi connectivity index (χ3v) is 3.41. The first-order valence-electron chi connectivity index (χ1n) is 7.08. The first-order chi connectivity index (χ1) is 9.76. The minimum atomic E-state index is -0.155. The zero-order chi connectivity index (χ0) is 14.4. The molecular formula is C15H21FN4. The number of aromatic nitrogens is 3. The monoisotopic (exact) mass is 276 g/mol. The van der Waals surface area contributed by atoms with Gasteiger partial charge in [0.05, 0.1) is 0 Å². The molecule has 108 valence electrons. The van der Waals surface area contributed by atoms with Crippen LogP contribution in [0.3, 0.4) is 0 Å². The highest BCUT2D eigenvalue weighted by molar-refractivity contribution is 5.23. The SMILES string of the molecule is CCNCC(Cc1ncnn1CC)c1ccccc1F. The number of likely N-dealkylation sites (N-methyl/N-ethyl adjacent to an activating group) is 1. The minimum absolute atomic E-state index is 0.0608.